The Labute approximate surface area is 149 Å². The Bertz CT molecular complexity index is 1150. The molecule has 136 valence electrons. The molecule has 0 saturated heterocycles. The van der Waals surface area contributed by atoms with Crippen molar-refractivity contribution in [3.05, 3.63) is 47.1 Å². The minimum Gasteiger partial charge on any atom is -0.425 e. The maximum absolute atomic E-state index is 14.1. The molecule has 26 heavy (non-hydrogen) atoms. The fraction of sp³-hybridized carbons (Fsp3) is 0.0667. The molecule has 0 spiro atoms. The van der Waals surface area contributed by atoms with Gasteiger partial charge in [-0.2, -0.15) is 4.39 Å². The predicted molar refractivity (Wildman–Crippen MR) is 86.6 cm³/mol. The summed E-state index contributed by atoms with van der Waals surface area (Å²) in [6.45, 7) is -2.30. The van der Waals surface area contributed by atoms with Crippen molar-refractivity contribution in [2.45, 2.75) is 11.4 Å². The van der Waals surface area contributed by atoms with Gasteiger partial charge in [-0.1, -0.05) is 11.6 Å². The number of fused-ring (bicyclic) bond motifs is 2. The molecule has 0 fully saturated rings. The Morgan fingerprint density at radius 2 is 1.96 bits per heavy atom. The molecule has 2 aromatic carbocycles. The van der Waals surface area contributed by atoms with E-state index in [0.717, 1.165) is 6.20 Å². The highest BCUT2D eigenvalue weighted by atomic mass is 35.5. The number of hydrogen-bond donors (Lipinski definition) is 2. The first-order valence-electron chi connectivity index (χ1n) is 7.05. The molecule has 1 atom stereocenters. The van der Waals surface area contributed by atoms with Gasteiger partial charge in [-0.25, -0.2) is 17.2 Å². The van der Waals surface area contributed by atoms with E-state index < -0.39 is 45.4 Å². The van der Waals surface area contributed by atoms with Gasteiger partial charge in [0.15, 0.2) is 23.1 Å². The molecule has 3 aromatic rings. The van der Waals surface area contributed by atoms with Crippen LogP contribution in [0.5, 0.6) is 11.5 Å². The van der Waals surface area contributed by atoms with E-state index in [1.54, 1.807) is 0 Å². The van der Waals surface area contributed by atoms with Crippen molar-refractivity contribution in [2.24, 2.45) is 0 Å². The van der Waals surface area contributed by atoms with Crippen molar-refractivity contribution >= 4 is 38.2 Å². The predicted octanol–water partition coefficient (Wildman–Crippen LogP) is 3.92. The highest BCUT2D eigenvalue weighted by molar-refractivity contribution is 7.93. The Morgan fingerprint density at radius 3 is 2.73 bits per heavy atom. The quantitative estimate of drug-likeness (QED) is 0.693. The second kappa shape index (κ2) is 5.71. The van der Waals surface area contributed by atoms with Crippen molar-refractivity contribution in [3.8, 4) is 11.5 Å². The molecule has 1 aliphatic rings. The first-order chi connectivity index (χ1) is 12.3. The van der Waals surface area contributed by atoms with Gasteiger partial charge < -0.3 is 14.5 Å². The Hall–Kier alpha value is -2.59. The van der Waals surface area contributed by atoms with Crippen molar-refractivity contribution in [1.82, 2.24) is 4.98 Å². The summed E-state index contributed by atoms with van der Waals surface area (Å²) in [4.78, 5) is 2.48. The number of nitrogens with one attached hydrogen (secondary N) is 2. The number of aromatic amines is 1. The first kappa shape index (κ1) is 16.9. The minimum absolute atomic E-state index is 0.239. The van der Waals surface area contributed by atoms with Crippen LogP contribution in [0.25, 0.3) is 10.9 Å². The lowest BCUT2D eigenvalue weighted by molar-refractivity contribution is -0.0650. The number of anilines is 1. The SMILES string of the molecule is O=S(=O)(Nc1c(F)c(F)cc2c1OC(F)O2)c1c[nH]c2cc(Cl)ccc12. The van der Waals surface area contributed by atoms with Gasteiger partial charge in [0.1, 0.15) is 10.6 Å². The summed E-state index contributed by atoms with van der Waals surface area (Å²) < 4.78 is 77.4. The molecule has 0 amide bonds. The fourth-order valence-corrected chi connectivity index (χ4v) is 4.00. The second-order valence-electron chi connectivity index (χ2n) is 5.33. The lowest BCUT2D eigenvalue weighted by Gasteiger charge is -2.11. The summed E-state index contributed by atoms with van der Waals surface area (Å²) in [6.07, 6.45) is 1.16. The number of alkyl halides is 1. The smallest absolute Gasteiger partial charge is 0.397 e. The topological polar surface area (TPSA) is 80.4 Å². The van der Waals surface area contributed by atoms with Crippen molar-refractivity contribution in [2.75, 3.05) is 4.72 Å². The molecule has 4 rings (SSSR count). The summed E-state index contributed by atoms with van der Waals surface area (Å²) in [5.74, 6) is -4.01. The van der Waals surface area contributed by atoms with Crippen LogP contribution >= 0.6 is 11.6 Å². The van der Waals surface area contributed by atoms with E-state index >= 15 is 0 Å². The molecular formula is C15H8ClF3N2O4S. The molecule has 11 heteroatoms. The van der Waals surface area contributed by atoms with Crippen LogP contribution in [-0.2, 0) is 10.0 Å². The third kappa shape index (κ3) is 2.61. The number of aromatic nitrogens is 1. The standard InChI is InChI=1S/C15H8ClF3N2O4S/c16-6-1-2-7-9(3-6)20-5-11(7)26(22,23)21-13-12(18)8(17)4-10-14(13)25-15(19)24-10/h1-5,15,20-21H. The van der Waals surface area contributed by atoms with E-state index in [0.29, 0.717) is 16.6 Å². The van der Waals surface area contributed by atoms with Crippen LogP contribution in [0, 0.1) is 11.6 Å². The Kier molecular flexibility index (Phi) is 3.70. The number of ether oxygens (including phenoxy) is 2. The number of halogens is 4. The molecule has 1 unspecified atom stereocenters. The van der Waals surface area contributed by atoms with Crippen LogP contribution in [0.4, 0.5) is 18.9 Å². The number of H-pyrrole nitrogens is 1. The maximum atomic E-state index is 14.1. The lowest BCUT2D eigenvalue weighted by Crippen LogP contribution is -2.15. The molecular weight excluding hydrogens is 397 g/mol. The molecule has 1 aromatic heterocycles. The van der Waals surface area contributed by atoms with E-state index in [9.17, 15) is 21.6 Å². The lowest BCUT2D eigenvalue weighted by atomic mass is 10.2. The van der Waals surface area contributed by atoms with Gasteiger partial charge in [0, 0.05) is 28.2 Å². The zero-order chi connectivity index (χ0) is 18.6. The van der Waals surface area contributed by atoms with Crippen molar-refractivity contribution in [3.63, 3.8) is 0 Å². The zero-order valence-corrected chi connectivity index (χ0v) is 14.1. The summed E-state index contributed by atoms with van der Waals surface area (Å²) in [5.41, 5.74) is -0.463. The highest BCUT2D eigenvalue weighted by Gasteiger charge is 2.33. The highest BCUT2D eigenvalue weighted by Crippen LogP contribution is 2.45. The van der Waals surface area contributed by atoms with Crippen LogP contribution in [0.15, 0.2) is 35.4 Å². The first-order valence-corrected chi connectivity index (χ1v) is 8.91. The van der Waals surface area contributed by atoms with Crippen LogP contribution in [-0.4, -0.2) is 19.9 Å². The van der Waals surface area contributed by atoms with Gasteiger partial charge in [-0.3, -0.25) is 4.72 Å². The summed E-state index contributed by atoms with van der Waals surface area (Å²) in [6, 6.07) is 4.99. The van der Waals surface area contributed by atoms with E-state index in [1.807, 2.05) is 4.72 Å². The summed E-state index contributed by atoms with van der Waals surface area (Å²) in [7, 11) is -4.38. The van der Waals surface area contributed by atoms with Gasteiger partial charge in [0.05, 0.1) is 0 Å². The second-order valence-corrected chi connectivity index (χ2v) is 7.42. The Morgan fingerprint density at radius 1 is 1.19 bits per heavy atom. The number of benzene rings is 2. The third-order valence-corrected chi connectivity index (χ3v) is 5.32. The summed E-state index contributed by atoms with van der Waals surface area (Å²) >= 11 is 5.85. The Balaban J connectivity index is 1.82. The molecule has 0 aliphatic carbocycles. The van der Waals surface area contributed by atoms with E-state index in [-0.39, 0.29) is 10.3 Å². The summed E-state index contributed by atoms with van der Waals surface area (Å²) in [5, 5.41) is 0.653. The van der Waals surface area contributed by atoms with Crippen LogP contribution < -0.4 is 14.2 Å². The van der Waals surface area contributed by atoms with Crippen molar-refractivity contribution < 1.29 is 31.1 Å². The fourth-order valence-electron chi connectivity index (χ4n) is 2.58. The molecule has 2 N–H and O–H groups in total. The average molecular weight is 405 g/mol. The van der Waals surface area contributed by atoms with Gasteiger partial charge in [0.25, 0.3) is 10.0 Å². The van der Waals surface area contributed by atoms with Crippen molar-refractivity contribution in [1.29, 1.82) is 0 Å². The molecule has 1 aliphatic heterocycles. The normalized spacial score (nSPS) is 16.2. The third-order valence-electron chi connectivity index (χ3n) is 3.70. The van der Waals surface area contributed by atoms with E-state index in [2.05, 4.69) is 14.5 Å². The zero-order valence-electron chi connectivity index (χ0n) is 12.5. The van der Waals surface area contributed by atoms with Gasteiger partial charge in [0.2, 0.25) is 0 Å². The van der Waals surface area contributed by atoms with Gasteiger partial charge in [-0.05, 0) is 18.2 Å². The van der Waals surface area contributed by atoms with Gasteiger partial charge in [-0.15, -0.1) is 0 Å². The monoisotopic (exact) mass is 404 g/mol. The molecule has 0 saturated carbocycles. The average Bonchev–Trinajstić information content (AvgIpc) is 3.14. The molecule has 6 nitrogen and oxygen atoms in total. The largest absolute Gasteiger partial charge is 0.425 e. The number of sulfonamides is 1. The van der Waals surface area contributed by atoms with E-state index in [4.69, 9.17) is 11.6 Å². The van der Waals surface area contributed by atoms with E-state index in [1.165, 1.54) is 18.2 Å². The molecule has 0 radical (unpaired) electrons. The van der Waals surface area contributed by atoms with Crippen LogP contribution in [0.3, 0.4) is 0 Å². The number of rotatable bonds is 3. The minimum atomic E-state index is -4.38. The molecule has 0 bridgehead atoms. The number of hydrogen-bond acceptors (Lipinski definition) is 4. The molecule has 2 heterocycles. The maximum Gasteiger partial charge on any atom is 0.397 e. The van der Waals surface area contributed by atoms with Gasteiger partial charge >= 0.3 is 6.54 Å². The van der Waals surface area contributed by atoms with Crippen LogP contribution in [0.1, 0.15) is 0 Å². The van der Waals surface area contributed by atoms with Crippen LogP contribution in [0.2, 0.25) is 5.02 Å².